The van der Waals surface area contributed by atoms with Crippen molar-refractivity contribution < 1.29 is 4.79 Å². The van der Waals surface area contributed by atoms with Crippen LogP contribution in [0.15, 0.2) is 35.5 Å². The Morgan fingerprint density at radius 1 is 1.11 bits per heavy atom. The number of carbonyl (C=O) groups is 1. The Kier molecular flexibility index (Phi) is 4.97. The molecule has 8 heteroatoms. The van der Waals surface area contributed by atoms with E-state index in [0.717, 1.165) is 43.3 Å². The number of amides is 1. The molecule has 2 atom stereocenters. The molecule has 1 amide bonds. The highest BCUT2D eigenvalue weighted by molar-refractivity contribution is 6.42. The first-order valence-electron chi connectivity index (χ1n) is 8.96. The fraction of sp³-hybridized carbons (Fsp3) is 0.421. The minimum atomic E-state index is -0.418. The molecule has 3 heterocycles. The molecule has 6 nitrogen and oxygen atoms in total. The van der Waals surface area contributed by atoms with Crippen molar-refractivity contribution in [3.63, 3.8) is 0 Å². The van der Waals surface area contributed by atoms with Crippen LogP contribution in [-0.2, 0) is 4.79 Å². The van der Waals surface area contributed by atoms with Gasteiger partial charge in [-0.2, -0.15) is 5.10 Å². The molecule has 1 aromatic carbocycles. The SMILES string of the molecule is CC1=Nc2ccnn2C(c2ccc(Cl)c(Cl)c2)C1C(=O)N1CCN(C)CC1. The van der Waals surface area contributed by atoms with Gasteiger partial charge in [0.25, 0.3) is 0 Å². The number of piperazine rings is 1. The molecule has 2 aromatic rings. The molecule has 1 saturated heterocycles. The minimum Gasteiger partial charge on any atom is -0.339 e. The molecule has 0 radical (unpaired) electrons. The number of carbonyl (C=O) groups excluding carboxylic acids is 1. The van der Waals surface area contributed by atoms with Gasteiger partial charge in [0.15, 0.2) is 5.82 Å². The van der Waals surface area contributed by atoms with Crippen molar-refractivity contribution >= 4 is 40.6 Å². The van der Waals surface area contributed by atoms with Crippen molar-refractivity contribution in [2.45, 2.75) is 13.0 Å². The lowest BCUT2D eigenvalue weighted by atomic mass is 9.87. The largest absolute Gasteiger partial charge is 0.339 e. The maximum atomic E-state index is 13.5. The lowest BCUT2D eigenvalue weighted by Crippen LogP contribution is -2.52. The molecule has 2 aliphatic heterocycles. The summed E-state index contributed by atoms with van der Waals surface area (Å²) in [6.45, 7) is 5.11. The fourth-order valence-electron chi connectivity index (χ4n) is 3.80. The molecule has 2 unspecified atom stereocenters. The van der Waals surface area contributed by atoms with Gasteiger partial charge in [-0.15, -0.1) is 0 Å². The van der Waals surface area contributed by atoms with E-state index in [1.807, 2.05) is 34.7 Å². The second-order valence-electron chi connectivity index (χ2n) is 7.11. The molecule has 0 aliphatic carbocycles. The first-order valence-corrected chi connectivity index (χ1v) is 9.72. The van der Waals surface area contributed by atoms with Crippen molar-refractivity contribution in [2.24, 2.45) is 10.9 Å². The van der Waals surface area contributed by atoms with Crippen molar-refractivity contribution in [1.82, 2.24) is 19.6 Å². The zero-order valence-electron chi connectivity index (χ0n) is 15.3. The first-order chi connectivity index (χ1) is 13.0. The van der Waals surface area contributed by atoms with E-state index in [2.05, 4.69) is 22.0 Å². The summed E-state index contributed by atoms with van der Waals surface area (Å²) in [4.78, 5) is 22.3. The van der Waals surface area contributed by atoms with Gasteiger partial charge < -0.3 is 9.80 Å². The lowest BCUT2D eigenvalue weighted by Gasteiger charge is -2.38. The number of halogens is 2. The molecule has 2 aliphatic rings. The molecule has 0 N–H and O–H groups in total. The monoisotopic (exact) mass is 405 g/mol. The Morgan fingerprint density at radius 2 is 1.85 bits per heavy atom. The van der Waals surface area contributed by atoms with Gasteiger partial charge >= 0.3 is 0 Å². The number of hydrogen-bond acceptors (Lipinski definition) is 4. The number of aliphatic imine (C=N–C) groups is 1. The third-order valence-electron chi connectivity index (χ3n) is 5.34. The van der Waals surface area contributed by atoms with E-state index in [4.69, 9.17) is 23.2 Å². The van der Waals surface area contributed by atoms with Crippen molar-refractivity contribution in [1.29, 1.82) is 0 Å². The molecule has 4 rings (SSSR count). The van der Waals surface area contributed by atoms with Crippen LogP contribution in [0.25, 0.3) is 0 Å². The van der Waals surface area contributed by atoms with Gasteiger partial charge in [0.1, 0.15) is 5.92 Å². The fourth-order valence-corrected chi connectivity index (χ4v) is 4.10. The number of aromatic nitrogens is 2. The summed E-state index contributed by atoms with van der Waals surface area (Å²) in [5, 5.41) is 5.40. The summed E-state index contributed by atoms with van der Waals surface area (Å²) in [6, 6.07) is 7.05. The highest BCUT2D eigenvalue weighted by Gasteiger charge is 2.40. The zero-order chi connectivity index (χ0) is 19.1. The Bertz CT molecular complexity index is 901. The van der Waals surface area contributed by atoms with E-state index in [9.17, 15) is 4.79 Å². The van der Waals surface area contributed by atoms with E-state index in [1.54, 1.807) is 12.3 Å². The molecular weight excluding hydrogens is 385 g/mol. The average Bonchev–Trinajstić information content (AvgIpc) is 3.11. The number of rotatable bonds is 2. The number of benzene rings is 1. The van der Waals surface area contributed by atoms with E-state index < -0.39 is 5.92 Å². The van der Waals surface area contributed by atoms with Crippen molar-refractivity contribution in [3.8, 4) is 0 Å². The van der Waals surface area contributed by atoms with E-state index in [-0.39, 0.29) is 11.9 Å². The van der Waals surface area contributed by atoms with Crippen LogP contribution in [-0.4, -0.2) is 64.4 Å². The smallest absolute Gasteiger partial charge is 0.233 e. The van der Waals surface area contributed by atoms with Gasteiger partial charge in [-0.05, 0) is 31.7 Å². The number of fused-ring (bicyclic) bond motifs is 1. The maximum Gasteiger partial charge on any atom is 0.233 e. The summed E-state index contributed by atoms with van der Waals surface area (Å²) >= 11 is 12.4. The molecule has 27 heavy (non-hydrogen) atoms. The zero-order valence-corrected chi connectivity index (χ0v) is 16.8. The van der Waals surface area contributed by atoms with Crippen LogP contribution >= 0.6 is 23.2 Å². The Labute approximate surface area is 168 Å². The van der Waals surface area contributed by atoms with E-state index in [1.165, 1.54) is 0 Å². The molecule has 0 bridgehead atoms. The van der Waals surface area contributed by atoms with Crippen molar-refractivity contribution in [3.05, 3.63) is 46.1 Å². The van der Waals surface area contributed by atoms with E-state index in [0.29, 0.717) is 10.0 Å². The van der Waals surface area contributed by atoms with Crippen LogP contribution < -0.4 is 0 Å². The Morgan fingerprint density at radius 3 is 2.56 bits per heavy atom. The van der Waals surface area contributed by atoms with Crippen LogP contribution in [0.4, 0.5) is 5.82 Å². The minimum absolute atomic E-state index is 0.0848. The first kappa shape index (κ1) is 18.5. The second-order valence-corrected chi connectivity index (χ2v) is 7.93. The molecule has 0 saturated carbocycles. The van der Waals surface area contributed by atoms with Crippen LogP contribution in [0.3, 0.4) is 0 Å². The highest BCUT2D eigenvalue weighted by atomic mass is 35.5. The van der Waals surface area contributed by atoms with E-state index >= 15 is 0 Å². The number of hydrogen-bond donors (Lipinski definition) is 0. The van der Waals surface area contributed by atoms with Gasteiger partial charge in [0.2, 0.25) is 5.91 Å². The van der Waals surface area contributed by atoms with Gasteiger partial charge in [0.05, 0.1) is 22.3 Å². The quantitative estimate of drug-likeness (QED) is 0.769. The highest BCUT2D eigenvalue weighted by Crippen LogP contribution is 2.38. The van der Waals surface area contributed by atoms with Gasteiger partial charge in [-0.1, -0.05) is 29.3 Å². The molecule has 1 aromatic heterocycles. The normalized spacial score (nSPS) is 23.1. The summed E-state index contributed by atoms with van der Waals surface area (Å²) in [5.41, 5.74) is 1.69. The molecule has 1 fully saturated rings. The molecule has 0 spiro atoms. The van der Waals surface area contributed by atoms with Crippen LogP contribution in [0, 0.1) is 5.92 Å². The topological polar surface area (TPSA) is 53.7 Å². The third kappa shape index (κ3) is 3.37. The summed E-state index contributed by atoms with van der Waals surface area (Å²) < 4.78 is 1.81. The van der Waals surface area contributed by atoms with Gasteiger partial charge in [-0.3, -0.25) is 4.79 Å². The van der Waals surface area contributed by atoms with Crippen LogP contribution in [0.2, 0.25) is 10.0 Å². The summed E-state index contributed by atoms with van der Waals surface area (Å²) in [6.07, 6.45) is 1.71. The molecular formula is C19H21Cl2N5O. The van der Waals surface area contributed by atoms with Crippen LogP contribution in [0.1, 0.15) is 18.5 Å². The average molecular weight is 406 g/mol. The lowest BCUT2D eigenvalue weighted by molar-refractivity contribution is -0.135. The summed E-state index contributed by atoms with van der Waals surface area (Å²) in [7, 11) is 2.07. The number of nitrogens with zero attached hydrogens (tertiary/aromatic N) is 5. The number of likely N-dealkylation sites (N-methyl/N-ethyl adjacent to an activating group) is 1. The van der Waals surface area contributed by atoms with Gasteiger partial charge in [-0.25, -0.2) is 9.67 Å². The predicted octanol–water partition coefficient (Wildman–Crippen LogP) is 3.28. The molecule has 142 valence electrons. The van der Waals surface area contributed by atoms with Gasteiger partial charge in [0, 0.05) is 38.0 Å². The Balaban J connectivity index is 1.75. The Hall–Kier alpha value is -1.89. The standard InChI is InChI=1S/C19H21Cl2N5O/c1-12-17(19(27)25-9-7-24(2)8-10-25)18(26-16(23-12)5-6-22-26)13-3-4-14(20)15(21)11-13/h3-6,11,17-18H,7-10H2,1-2H3. The van der Waals surface area contributed by atoms with Crippen molar-refractivity contribution in [2.75, 3.05) is 33.2 Å². The van der Waals surface area contributed by atoms with Crippen LogP contribution in [0.5, 0.6) is 0 Å². The third-order valence-corrected chi connectivity index (χ3v) is 6.07. The summed E-state index contributed by atoms with van der Waals surface area (Å²) in [5.74, 6) is 0.408. The predicted molar refractivity (Wildman–Crippen MR) is 107 cm³/mol. The maximum absolute atomic E-state index is 13.5. The second kappa shape index (κ2) is 7.26.